The summed E-state index contributed by atoms with van der Waals surface area (Å²) in [5.41, 5.74) is 1.55. The monoisotopic (exact) mass is 275 g/mol. The summed E-state index contributed by atoms with van der Waals surface area (Å²) in [7, 11) is 2.49. The number of aromatic amines is 1. The molecule has 0 saturated heterocycles. The van der Waals surface area contributed by atoms with Crippen molar-refractivity contribution in [3.63, 3.8) is 0 Å². The fraction of sp³-hybridized carbons (Fsp3) is 0.231. The number of ether oxygens (including phenoxy) is 2. The van der Waals surface area contributed by atoms with Gasteiger partial charge in [0.1, 0.15) is 11.3 Å². The Bertz CT molecular complexity index is 649. The molecule has 20 heavy (non-hydrogen) atoms. The second kappa shape index (κ2) is 5.52. The van der Waals surface area contributed by atoms with Crippen LogP contribution in [0.4, 0.5) is 0 Å². The van der Waals surface area contributed by atoms with Crippen molar-refractivity contribution in [2.45, 2.75) is 6.92 Å². The molecule has 0 spiro atoms. The Kier molecular flexibility index (Phi) is 3.79. The molecule has 0 aliphatic carbocycles. The number of rotatable bonds is 3. The largest absolute Gasteiger partial charge is 0.465 e. The van der Waals surface area contributed by atoms with Crippen LogP contribution >= 0.6 is 0 Å². The zero-order chi connectivity index (χ0) is 14.7. The Balaban J connectivity index is 2.70. The van der Waals surface area contributed by atoms with Crippen molar-refractivity contribution in [2.24, 2.45) is 0 Å². The standard InChI is InChI=1S/C13H13N3O4/c1-7-9(12(17)19-2)10(13(18)20-3)11(16-7)8-6-14-4-5-15-8/h4-6,16H,1-3H3. The van der Waals surface area contributed by atoms with E-state index in [1.165, 1.54) is 32.8 Å². The molecule has 0 radical (unpaired) electrons. The molecule has 7 heteroatoms. The summed E-state index contributed by atoms with van der Waals surface area (Å²) in [4.78, 5) is 34.8. The molecule has 0 fully saturated rings. The lowest BCUT2D eigenvalue weighted by atomic mass is 10.1. The minimum atomic E-state index is -0.643. The third-order valence-corrected chi connectivity index (χ3v) is 2.79. The highest BCUT2D eigenvalue weighted by molar-refractivity contribution is 6.08. The van der Waals surface area contributed by atoms with Crippen molar-refractivity contribution in [3.8, 4) is 11.4 Å². The molecule has 0 atom stereocenters. The molecular weight excluding hydrogens is 262 g/mol. The quantitative estimate of drug-likeness (QED) is 0.850. The maximum absolute atomic E-state index is 12.0. The molecule has 2 aromatic rings. The van der Waals surface area contributed by atoms with Crippen LogP contribution in [0.3, 0.4) is 0 Å². The minimum absolute atomic E-state index is 0.0948. The van der Waals surface area contributed by atoms with Crippen molar-refractivity contribution in [1.82, 2.24) is 15.0 Å². The summed E-state index contributed by atoms with van der Waals surface area (Å²) in [5.74, 6) is -1.26. The van der Waals surface area contributed by atoms with E-state index in [4.69, 9.17) is 9.47 Å². The first-order valence-corrected chi connectivity index (χ1v) is 5.75. The number of hydrogen-bond acceptors (Lipinski definition) is 6. The van der Waals surface area contributed by atoms with E-state index in [0.29, 0.717) is 17.1 Å². The topological polar surface area (TPSA) is 94.2 Å². The van der Waals surface area contributed by atoms with Crippen molar-refractivity contribution in [1.29, 1.82) is 0 Å². The first-order chi connectivity index (χ1) is 9.60. The third-order valence-electron chi connectivity index (χ3n) is 2.79. The van der Waals surface area contributed by atoms with Gasteiger partial charge in [0.2, 0.25) is 0 Å². The molecular formula is C13H13N3O4. The molecule has 7 nitrogen and oxygen atoms in total. The molecule has 1 N–H and O–H groups in total. The van der Waals surface area contributed by atoms with Crippen LogP contribution in [0, 0.1) is 6.92 Å². The van der Waals surface area contributed by atoms with Crippen LogP contribution in [0.2, 0.25) is 0 Å². The molecule has 2 aromatic heterocycles. The minimum Gasteiger partial charge on any atom is -0.465 e. The van der Waals surface area contributed by atoms with E-state index in [1.807, 2.05) is 0 Å². The van der Waals surface area contributed by atoms with E-state index in [1.54, 1.807) is 6.92 Å². The van der Waals surface area contributed by atoms with Gasteiger partial charge in [-0.1, -0.05) is 0 Å². The molecule has 0 aromatic carbocycles. The van der Waals surface area contributed by atoms with Crippen LogP contribution in [0.15, 0.2) is 18.6 Å². The highest BCUT2D eigenvalue weighted by Crippen LogP contribution is 2.27. The molecule has 0 aliphatic rings. The van der Waals surface area contributed by atoms with Crippen molar-refractivity contribution < 1.29 is 19.1 Å². The number of hydrogen-bond donors (Lipinski definition) is 1. The Morgan fingerprint density at radius 2 is 1.75 bits per heavy atom. The van der Waals surface area contributed by atoms with Gasteiger partial charge in [-0.2, -0.15) is 0 Å². The maximum atomic E-state index is 12.0. The number of carbonyl (C=O) groups is 2. The SMILES string of the molecule is COC(=O)c1c(C)[nH]c(-c2cnccn2)c1C(=O)OC. The molecule has 0 aliphatic heterocycles. The molecule has 2 heterocycles. The Labute approximate surface area is 115 Å². The number of carbonyl (C=O) groups excluding carboxylic acids is 2. The summed E-state index contributed by atoms with van der Waals surface area (Å²) in [6, 6.07) is 0. The number of methoxy groups -OCH3 is 2. The van der Waals surface area contributed by atoms with Gasteiger partial charge in [0.05, 0.1) is 31.7 Å². The van der Waals surface area contributed by atoms with E-state index in [2.05, 4.69) is 15.0 Å². The summed E-state index contributed by atoms with van der Waals surface area (Å²) in [6.45, 7) is 1.67. The van der Waals surface area contributed by atoms with Gasteiger partial charge in [0.25, 0.3) is 0 Å². The molecule has 0 bridgehead atoms. The zero-order valence-electron chi connectivity index (χ0n) is 11.3. The van der Waals surface area contributed by atoms with E-state index in [9.17, 15) is 9.59 Å². The first-order valence-electron chi connectivity index (χ1n) is 5.75. The molecule has 0 amide bonds. The van der Waals surface area contributed by atoms with Crippen LogP contribution in [0.5, 0.6) is 0 Å². The Morgan fingerprint density at radius 1 is 1.10 bits per heavy atom. The average molecular weight is 275 g/mol. The fourth-order valence-electron chi connectivity index (χ4n) is 1.91. The molecule has 0 unspecified atom stereocenters. The number of nitrogens with one attached hydrogen (secondary N) is 1. The van der Waals surface area contributed by atoms with Crippen molar-refractivity contribution in [3.05, 3.63) is 35.4 Å². The molecule has 104 valence electrons. The number of nitrogens with zero attached hydrogens (tertiary/aromatic N) is 2. The lowest BCUT2D eigenvalue weighted by Crippen LogP contribution is -2.11. The summed E-state index contributed by atoms with van der Waals surface area (Å²) in [6.07, 6.45) is 4.49. The predicted octanol–water partition coefficient (Wildman–Crippen LogP) is 1.35. The van der Waals surface area contributed by atoms with E-state index < -0.39 is 11.9 Å². The van der Waals surface area contributed by atoms with Crippen LogP contribution in [0.25, 0.3) is 11.4 Å². The second-order valence-corrected chi connectivity index (χ2v) is 3.95. The number of H-pyrrole nitrogens is 1. The summed E-state index contributed by atoms with van der Waals surface area (Å²) < 4.78 is 9.43. The molecule has 0 saturated carbocycles. The van der Waals surface area contributed by atoms with Crippen molar-refractivity contribution >= 4 is 11.9 Å². The van der Waals surface area contributed by atoms with Gasteiger partial charge in [0, 0.05) is 18.1 Å². The number of aryl methyl sites for hydroxylation is 1. The maximum Gasteiger partial charge on any atom is 0.341 e. The second-order valence-electron chi connectivity index (χ2n) is 3.95. The lowest BCUT2D eigenvalue weighted by molar-refractivity contribution is 0.0556. The van der Waals surface area contributed by atoms with E-state index in [-0.39, 0.29) is 11.1 Å². The highest BCUT2D eigenvalue weighted by Gasteiger charge is 2.28. The van der Waals surface area contributed by atoms with Crippen LogP contribution in [-0.2, 0) is 9.47 Å². The van der Waals surface area contributed by atoms with Gasteiger partial charge in [-0.3, -0.25) is 9.97 Å². The van der Waals surface area contributed by atoms with E-state index >= 15 is 0 Å². The smallest absolute Gasteiger partial charge is 0.341 e. The normalized spacial score (nSPS) is 10.2. The summed E-state index contributed by atoms with van der Waals surface area (Å²) in [5, 5.41) is 0. The Hall–Kier alpha value is -2.70. The number of esters is 2. The van der Waals surface area contributed by atoms with Gasteiger partial charge < -0.3 is 14.5 Å². The van der Waals surface area contributed by atoms with Crippen LogP contribution in [-0.4, -0.2) is 41.1 Å². The van der Waals surface area contributed by atoms with Crippen molar-refractivity contribution in [2.75, 3.05) is 14.2 Å². The van der Waals surface area contributed by atoms with Gasteiger partial charge in [-0.15, -0.1) is 0 Å². The first kappa shape index (κ1) is 13.7. The predicted molar refractivity (Wildman–Crippen MR) is 69.2 cm³/mol. The summed E-state index contributed by atoms with van der Waals surface area (Å²) >= 11 is 0. The van der Waals surface area contributed by atoms with Gasteiger partial charge in [-0.05, 0) is 6.92 Å². The zero-order valence-corrected chi connectivity index (χ0v) is 11.3. The van der Waals surface area contributed by atoms with Crippen LogP contribution in [0.1, 0.15) is 26.4 Å². The fourth-order valence-corrected chi connectivity index (χ4v) is 1.91. The third kappa shape index (κ3) is 2.25. The number of aromatic nitrogens is 3. The van der Waals surface area contributed by atoms with Gasteiger partial charge >= 0.3 is 11.9 Å². The average Bonchev–Trinajstić information content (AvgIpc) is 2.84. The van der Waals surface area contributed by atoms with Gasteiger partial charge in [0.15, 0.2) is 0 Å². The highest BCUT2D eigenvalue weighted by atomic mass is 16.5. The van der Waals surface area contributed by atoms with E-state index in [0.717, 1.165) is 0 Å². The molecule has 2 rings (SSSR count). The van der Waals surface area contributed by atoms with Crippen LogP contribution < -0.4 is 0 Å². The van der Waals surface area contributed by atoms with Gasteiger partial charge in [-0.25, -0.2) is 9.59 Å². The lowest BCUT2D eigenvalue weighted by Gasteiger charge is -2.04. The Morgan fingerprint density at radius 3 is 2.30 bits per heavy atom.